The molecule has 1 aliphatic heterocycles. The minimum absolute atomic E-state index is 0.0637. The third kappa shape index (κ3) is 3.27. The Morgan fingerprint density at radius 3 is 2.91 bits per heavy atom. The number of carbonyl (C=O) groups is 2. The molecule has 0 saturated carbocycles. The molecule has 2 N–H and O–H groups in total. The Balaban J connectivity index is 1.64. The number of likely N-dealkylation sites (N-methyl/N-ethyl adjacent to an activating group) is 1. The Labute approximate surface area is 138 Å². The maximum absolute atomic E-state index is 12.0. The molecule has 0 unspecified atom stereocenters. The fraction of sp³-hybridized carbons (Fsp3) is 0.375. The Bertz CT molecular complexity index is 758. The van der Waals surface area contributed by atoms with Crippen LogP contribution in [0, 0.1) is 0 Å². The zero-order valence-corrected chi connectivity index (χ0v) is 13.7. The summed E-state index contributed by atoms with van der Waals surface area (Å²) in [5.41, 5.74) is 0.714. The van der Waals surface area contributed by atoms with Crippen LogP contribution in [-0.2, 0) is 4.79 Å². The van der Waals surface area contributed by atoms with Crippen LogP contribution in [0.15, 0.2) is 28.7 Å². The lowest BCUT2D eigenvalue weighted by atomic mass is 10.2. The van der Waals surface area contributed by atoms with Gasteiger partial charge >= 0.3 is 6.03 Å². The van der Waals surface area contributed by atoms with Gasteiger partial charge in [-0.05, 0) is 37.6 Å². The molecule has 2 heterocycles. The monoisotopic (exact) mass is 335 g/mol. The fourth-order valence-electron chi connectivity index (χ4n) is 2.67. The van der Waals surface area contributed by atoms with Gasteiger partial charge in [-0.3, -0.25) is 4.79 Å². The van der Waals surface area contributed by atoms with Gasteiger partial charge in [-0.1, -0.05) is 11.6 Å². The predicted molar refractivity (Wildman–Crippen MR) is 87.3 cm³/mol. The summed E-state index contributed by atoms with van der Waals surface area (Å²) in [6.45, 7) is 2.48. The molecule has 3 rings (SSSR count). The summed E-state index contributed by atoms with van der Waals surface area (Å²) in [4.78, 5) is 25.5. The van der Waals surface area contributed by atoms with Crippen molar-refractivity contribution in [1.29, 1.82) is 0 Å². The number of fused-ring (bicyclic) bond motifs is 1. The van der Waals surface area contributed by atoms with E-state index in [0.717, 1.165) is 5.39 Å². The maximum atomic E-state index is 12.0. The highest BCUT2D eigenvalue weighted by molar-refractivity contribution is 6.31. The molecule has 1 aliphatic rings. The first-order valence-corrected chi connectivity index (χ1v) is 7.83. The van der Waals surface area contributed by atoms with E-state index in [0.29, 0.717) is 29.3 Å². The maximum Gasteiger partial charge on any atom is 0.316 e. The molecule has 6 nitrogen and oxygen atoms in total. The molecule has 1 aromatic carbocycles. The average molecular weight is 336 g/mol. The number of carbonyl (C=O) groups excluding carboxylic acids is 2. The molecule has 7 heteroatoms. The van der Waals surface area contributed by atoms with Crippen molar-refractivity contribution >= 4 is 34.5 Å². The summed E-state index contributed by atoms with van der Waals surface area (Å²) in [5, 5.41) is 7.00. The highest BCUT2D eigenvalue weighted by Crippen LogP contribution is 2.26. The van der Waals surface area contributed by atoms with Crippen LogP contribution in [0.25, 0.3) is 11.0 Å². The van der Waals surface area contributed by atoms with Crippen LogP contribution < -0.4 is 10.6 Å². The van der Waals surface area contributed by atoms with Crippen molar-refractivity contribution in [1.82, 2.24) is 15.5 Å². The zero-order valence-electron chi connectivity index (χ0n) is 12.9. The van der Waals surface area contributed by atoms with Crippen LogP contribution in [-0.4, -0.2) is 36.5 Å². The number of rotatable bonds is 3. The van der Waals surface area contributed by atoms with Gasteiger partial charge in [0.05, 0.1) is 6.04 Å². The molecule has 1 fully saturated rings. The van der Waals surface area contributed by atoms with E-state index in [-0.39, 0.29) is 18.0 Å². The molecular formula is C16H18ClN3O3. The van der Waals surface area contributed by atoms with Gasteiger partial charge in [0.1, 0.15) is 17.4 Å². The summed E-state index contributed by atoms with van der Waals surface area (Å²) in [6, 6.07) is 6.04. The normalized spacial score (nSPS) is 19.2. The molecule has 1 aromatic heterocycles. The molecule has 23 heavy (non-hydrogen) atoms. The number of amides is 3. The minimum atomic E-state index is -0.457. The van der Waals surface area contributed by atoms with Gasteiger partial charge in [0.25, 0.3) is 0 Å². The molecule has 2 aromatic rings. The van der Waals surface area contributed by atoms with Gasteiger partial charge in [0, 0.05) is 24.0 Å². The van der Waals surface area contributed by atoms with Crippen molar-refractivity contribution in [3.63, 3.8) is 0 Å². The van der Waals surface area contributed by atoms with Gasteiger partial charge in [-0.2, -0.15) is 0 Å². The Hall–Kier alpha value is -2.21. The summed E-state index contributed by atoms with van der Waals surface area (Å²) in [7, 11) is 1.73. The number of urea groups is 1. The molecule has 0 aliphatic carbocycles. The zero-order chi connectivity index (χ0) is 16.6. The molecule has 3 amide bonds. The van der Waals surface area contributed by atoms with Crippen molar-refractivity contribution in [3.05, 3.63) is 35.0 Å². The predicted octanol–water partition coefficient (Wildman–Crippen LogP) is 2.68. The van der Waals surface area contributed by atoms with E-state index >= 15 is 0 Å². The van der Waals surface area contributed by atoms with Crippen LogP contribution in [0.3, 0.4) is 0 Å². The molecular weight excluding hydrogens is 318 g/mol. The lowest BCUT2D eigenvalue weighted by molar-refractivity contribution is -0.128. The number of likely N-dealkylation sites (tertiary alicyclic amines) is 1. The summed E-state index contributed by atoms with van der Waals surface area (Å²) in [5.74, 6) is 0.568. The lowest BCUT2D eigenvalue weighted by Crippen LogP contribution is -2.46. The highest BCUT2D eigenvalue weighted by atomic mass is 35.5. The van der Waals surface area contributed by atoms with E-state index in [2.05, 4.69) is 10.6 Å². The molecule has 0 spiro atoms. The van der Waals surface area contributed by atoms with E-state index < -0.39 is 6.04 Å². The first kappa shape index (κ1) is 15.7. The highest BCUT2D eigenvalue weighted by Gasteiger charge is 2.30. The summed E-state index contributed by atoms with van der Waals surface area (Å²) < 4.78 is 5.72. The Morgan fingerprint density at radius 1 is 1.43 bits per heavy atom. The van der Waals surface area contributed by atoms with Crippen molar-refractivity contribution in [2.24, 2.45) is 0 Å². The van der Waals surface area contributed by atoms with Crippen molar-refractivity contribution < 1.29 is 14.0 Å². The first-order chi connectivity index (χ1) is 10.9. The van der Waals surface area contributed by atoms with Crippen molar-refractivity contribution in [2.45, 2.75) is 25.4 Å². The van der Waals surface area contributed by atoms with Gasteiger partial charge in [0.15, 0.2) is 0 Å². The van der Waals surface area contributed by atoms with Crippen LogP contribution in [0.4, 0.5) is 4.79 Å². The standard InChI is InChI=1S/C16H18ClN3O3/c1-9(14-8-10-7-11(17)3-4-13(10)23-14)18-16(22)19-12-5-6-20(2)15(12)21/h3-4,7-9,12H,5-6H2,1-2H3,(H2,18,19,22)/t9-,12+/m0/s1. The van der Waals surface area contributed by atoms with E-state index in [1.165, 1.54) is 0 Å². The van der Waals surface area contributed by atoms with Crippen LogP contribution in [0.5, 0.6) is 0 Å². The molecule has 0 radical (unpaired) electrons. The van der Waals surface area contributed by atoms with E-state index in [1.54, 1.807) is 24.1 Å². The number of nitrogens with zero attached hydrogens (tertiary/aromatic N) is 1. The number of hydrogen-bond donors (Lipinski definition) is 2. The van der Waals surface area contributed by atoms with Crippen LogP contribution >= 0.6 is 11.6 Å². The number of hydrogen-bond acceptors (Lipinski definition) is 3. The van der Waals surface area contributed by atoms with E-state index in [4.69, 9.17) is 16.0 Å². The number of furan rings is 1. The number of benzene rings is 1. The molecule has 1 saturated heterocycles. The van der Waals surface area contributed by atoms with Crippen LogP contribution in [0.1, 0.15) is 25.1 Å². The minimum Gasteiger partial charge on any atom is -0.459 e. The molecule has 2 atom stereocenters. The average Bonchev–Trinajstić information content (AvgIpc) is 3.05. The largest absolute Gasteiger partial charge is 0.459 e. The summed E-state index contributed by atoms with van der Waals surface area (Å²) >= 11 is 5.96. The first-order valence-electron chi connectivity index (χ1n) is 7.45. The fourth-order valence-corrected chi connectivity index (χ4v) is 2.85. The van der Waals surface area contributed by atoms with Crippen molar-refractivity contribution in [2.75, 3.05) is 13.6 Å². The second-order valence-electron chi connectivity index (χ2n) is 5.77. The third-order valence-corrected chi connectivity index (χ3v) is 4.24. The van der Waals surface area contributed by atoms with Gasteiger partial charge < -0.3 is 20.0 Å². The quantitative estimate of drug-likeness (QED) is 0.905. The Kier molecular flexibility index (Phi) is 4.17. The van der Waals surface area contributed by atoms with Gasteiger partial charge in [0.2, 0.25) is 5.91 Å². The second-order valence-corrected chi connectivity index (χ2v) is 6.21. The van der Waals surface area contributed by atoms with Crippen molar-refractivity contribution in [3.8, 4) is 0 Å². The van der Waals surface area contributed by atoms with E-state index in [9.17, 15) is 9.59 Å². The number of nitrogens with one attached hydrogen (secondary N) is 2. The SMILES string of the molecule is C[C@H](NC(=O)N[C@@H]1CCN(C)C1=O)c1cc2cc(Cl)ccc2o1. The van der Waals surface area contributed by atoms with Crippen LogP contribution in [0.2, 0.25) is 5.02 Å². The lowest BCUT2D eigenvalue weighted by Gasteiger charge is -2.15. The topological polar surface area (TPSA) is 74.6 Å². The third-order valence-electron chi connectivity index (χ3n) is 4.00. The second kappa shape index (κ2) is 6.12. The van der Waals surface area contributed by atoms with E-state index in [1.807, 2.05) is 19.1 Å². The summed E-state index contributed by atoms with van der Waals surface area (Å²) in [6.07, 6.45) is 0.625. The van der Waals surface area contributed by atoms with Gasteiger partial charge in [-0.25, -0.2) is 4.79 Å². The Morgan fingerprint density at radius 2 is 2.22 bits per heavy atom. The molecule has 0 bridgehead atoms. The van der Waals surface area contributed by atoms with Gasteiger partial charge in [-0.15, -0.1) is 0 Å². The number of halogens is 1. The smallest absolute Gasteiger partial charge is 0.316 e. The molecule has 122 valence electrons.